The first-order valence-corrected chi connectivity index (χ1v) is 14.0. The summed E-state index contributed by atoms with van der Waals surface area (Å²) in [7, 11) is 5.35. The molecule has 0 radical (unpaired) electrons. The van der Waals surface area contributed by atoms with E-state index in [-0.39, 0.29) is 22.2 Å². The molecule has 0 bridgehead atoms. The highest BCUT2D eigenvalue weighted by Crippen LogP contribution is 2.40. The Hall–Kier alpha value is -3.47. The third-order valence-corrected chi connectivity index (χ3v) is 8.43. The lowest BCUT2D eigenvalue weighted by Crippen LogP contribution is -2.71. The minimum absolute atomic E-state index is 0.0869. The molecule has 0 saturated carbocycles. The van der Waals surface area contributed by atoms with Gasteiger partial charge in [0.2, 0.25) is 0 Å². The van der Waals surface area contributed by atoms with Gasteiger partial charge in [0.15, 0.2) is 16.0 Å². The molecule has 2 atom stereocenters. The number of rotatable bonds is 10. The lowest BCUT2D eigenvalue weighted by atomic mass is 10.0. The second-order valence-corrected chi connectivity index (χ2v) is 12.0. The molecule has 2 aromatic rings. The molecule has 16 heteroatoms. The average Bonchev–Trinajstić information content (AvgIpc) is 3.46. The number of aliphatic carboxylic acids is 1. The molecule has 13 nitrogen and oxygen atoms in total. The predicted molar refractivity (Wildman–Crippen MR) is 146 cm³/mol. The van der Waals surface area contributed by atoms with E-state index in [0.717, 1.165) is 17.0 Å². The van der Waals surface area contributed by atoms with Gasteiger partial charge in [0.25, 0.3) is 11.8 Å². The Bertz CT molecular complexity index is 1350. The summed E-state index contributed by atoms with van der Waals surface area (Å²) >= 11 is 3.89. The van der Waals surface area contributed by atoms with Gasteiger partial charge in [0, 0.05) is 16.5 Å². The van der Waals surface area contributed by atoms with Crippen LogP contribution in [0.4, 0.5) is 10.3 Å². The molecule has 1 saturated heterocycles. The van der Waals surface area contributed by atoms with E-state index >= 15 is 0 Å². The van der Waals surface area contributed by atoms with Crippen LogP contribution >= 0.6 is 34.4 Å². The summed E-state index contributed by atoms with van der Waals surface area (Å²) < 4.78 is 0.581. The van der Waals surface area contributed by atoms with Gasteiger partial charge in [0.05, 0.1) is 20.6 Å². The maximum atomic E-state index is 13.0. The number of nitrogens with one attached hydrogen (secondary N) is 1. The van der Waals surface area contributed by atoms with Crippen LogP contribution in [0.15, 0.2) is 39.3 Å². The van der Waals surface area contributed by atoms with E-state index in [1.807, 2.05) is 25.6 Å². The number of hydrogen-bond acceptors (Lipinski definition) is 12. The standard InChI is InChI=1S/C22H26N8O5S3/c1-30(2,7-12-9-37-21(23)25-12)6-4-5-11-8-36-19-15(18(32)29(19)16(11)20(33)34)27-17(31)14(28-35-3)13-10-38-22(24)26-13/h4-5,9-10,15,19H,6-8H2,1-3H3,(H5-,23,24,25,26,27,31,33,34)/p+1/b5-4+,28-14-/t15-,19-/m1/s1. The Morgan fingerprint density at radius 2 is 2.00 bits per heavy atom. The largest absolute Gasteiger partial charge is 0.477 e. The number of carboxylic acids is 1. The van der Waals surface area contributed by atoms with Crippen LogP contribution in [-0.2, 0) is 25.8 Å². The van der Waals surface area contributed by atoms with Gasteiger partial charge < -0.3 is 31.2 Å². The van der Waals surface area contributed by atoms with Crippen LogP contribution in [0.3, 0.4) is 0 Å². The second kappa shape index (κ2) is 11.1. The molecule has 0 aliphatic carbocycles. The summed E-state index contributed by atoms with van der Waals surface area (Å²) in [5.74, 6) is -2.05. The molecule has 0 spiro atoms. The van der Waals surface area contributed by atoms with Crippen molar-refractivity contribution in [3.8, 4) is 0 Å². The SMILES string of the molecule is CO/N=C(\C(=O)N[C@@H]1C(=O)N2C(C(=O)O)=C(/C=C/C[N+](C)(C)Cc3csc(N)n3)CS[C@H]12)c1csc(N)n1. The number of likely N-dealkylation sites (N-methyl/N-ethyl adjacent to an activating group) is 1. The van der Waals surface area contributed by atoms with Crippen molar-refractivity contribution in [3.05, 3.63) is 45.6 Å². The number of quaternary nitrogens is 1. The topological polar surface area (TPSA) is 186 Å². The Morgan fingerprint density at radius 1 is 1.29 bits per heavy atom. The van der Waals surface area contributed by atoms with Crippen molar-refractivity contribution in [1.29, 1.82) is 0 Å². The first-order chi connectivity index (χ1) is 18.0. The number of anilines is 2. The van der Waals surface area contributed by atoms with E-state index in [0.29, 0.717) is 34.0 Å². The number of amides is 2. The summed E-state index contributed by atoms with van der Waals surface area (Å²) in [5, 5.41) is 19.9. The number of nitrogens with two attached hydrogens (primary N) is 2. The fraction of sp³-hybridized carbons (Fsp3) is 0.364. The Labute approximate surface area is 230 Å². The lowest BCUT2D eigenvalue weighted by Gasteiger charge is -2.49. The van der Waals surface area contributed by atoms with Crippen molar-refractivity contribution >= 4 is 68.2 Å². The van der Waals surface area contributed by atoms with E-state index in [2.05, 4.69) is 20.4 Å². The van der Waals surface area contributed by atoms with Gasteiger partial charge in [-0.1, -0.05) is 11.2 Å². The van der Waals surface area contributed by atoms with E-state index in [4.69, 9.17) is 16.3 Å². The molecule has 2 aromatic heterocycles. The Morgan fingerprint density at radius 3 is 2.61 bits per heavy atom. The lowest BCUT2D eigenvalue weighted by molar-refractivity contribution is -0.898. The number of thiazole rings is 2. The smallest absolute Gasteiger partial charge is 0.352 e. The quantitative estimate of drug-likeness (QED) is 0.135. The first kappa shape index (κ1) is 27.6. The molecule has 1 fully saturated rings. The third-order valence-electron chi connectivity index (χ3n) is 5.73. The number of fused-ring (bicyclic) bond motifs is 1. The van der Waals surface area contributed by atoms with E-state index in [1.54, 1.807) is 11.5 Å². The molecule has 38 heavy (non-hydrogen) atoms. The van der Waals surface area contributed by atoms with Crippen molar-refractivity contribution in [2.24, 2.45) is 5.16 Å². The number of oxime groups is 1. The van der Waals surface area contributed by atoms with E-state index in [1.165, 1.54) is 35.1 Å². The van der Waals surface area contributed by atoms with Crippen molar-refractivity contribution < 1.29 is 28.8 Å². The van der Waals surface area contributed by atoms with Crippen molar-refractivity contribution in [1.82, 2.24) is 20.2 Å². The highest BCUT2D eigenvalue weighted by Gasteiger charge is 2.54. The molecule has 2 aliphatic heterocycles. The van der Waals surface area contributed by atoms with E-state index in [9.17, 15) is 19.5 Å². The molecule has 2 aliphatic rings. The number of β-lactam (4-membered cyclic amide) rings is 1. The maximum absolute atomic E-state index is 13.0. The fourth-order valence-electron chi connectivity index (χ4n) is 4.05. The molecule has 0 aromatic carbocycles. The molecule has 2 amide bonds. The van der Waals surface area contributed by atoms with Gasteiger partial charge in [-0.25, -0.2) is 14.8 Å². The summed E-state index contributed by atoms with van der Waals surface area (Å²) in [6.07, 6.45) is 3.64. The highest BCUT2D eigenvalue weighted by molar-refractivity contribution is 8.00. The maximum Gasteiger partial charge on any atom is 0.352 e. The highest BCUT2D eigenvalue weighted by atomic mass is 32.2. The number of carboxylic acid groups (broad SMARTS) is 1. The van der Waals surface area contributed by atoms with Gasteiger partial charge in [-0.05, 0) is 11.6 Å². The number of carbonyl (C=O) groups excluding carboxylic acids is 2. The van der Waals surface area contributed by atoms with Crippen molar-refractivity contribution in [2.45, 2.75) is 18.0 Å². The van der Waals surface area contributed by atoms with Gasteiger partial charge in [-0.15, -0.1) is 34.4 Å². The summed E-state index contributed by atoms with van der Waals surface area (Å²) in [6, 6.07) is -0.924. The zero-order chi connectivity index (χ0) is 27.6. The van der Waals surface area contributed by atoms with Crippen LogP contribution in [0, 0.1) is 0 Å². The number of nitrogen functional groups attached to an aromatic ring is 2. The number of thioether (sulfide) groups is 1. The van der Waals surface area contributed by atoms with Crippen LogP contribution in [-0.4, -0.2) is 92.9 Å². The zero-order valence-electron chi connectivity index (χ0n) is 20.8. The Balaban J connectivity index is 1.45. The van der Waals surface area contributed by atoms with Crippen LogP contribution in [0.2, 0.25) is 0 Å². The fourth-order valence-corrected chi connectivity index (χ4v) is 6.47. The molecule has 202 valence electrons. The van der Waals surface area contributed by atoms with Crippen LogP contribution < -0.4 is 16.8 Å². The minimum Gasteiger partial charge on any atom is -0.477 e. The molecule has 6 N–H and O–H groups in total. The van der Waals surface area contributed by atoms with Crippen LogP contribution in [0.5, 0.6) is 0 Å². The third kappa shape index (κ3) is 5.82. The van der Waals surface area contributed by atoms with Crippen LogP contribution in [0.25, 0.3) is 0 Å². The van der Waals surface area contributed by atoms with Crippen molar-refractivity contribution in [3.63, 3.8) is 0 Å². The number of aromatic nitrogens is 2. The number of carbonyl (C=O) groups is 3. The minimum atomic E-state index is -1.21. The Kier molecular flexibility index (Phi) is 8.05. The number of nitrogens with zero attached hydrogens (tertiary/aromatic N) is 5. The monoisotopic (exact) mass is 579 g/mol. The van der Waals surface area contributed by atoms with Gasteiger partial charge in [-0.3, -0.25) is 14.5 Å². The van der Waals surface area contributed by atoms with Gasteiger partial charge >= 0.3 is 5.97 Å². The molecule has 4 heterocycles. The summed E-state index contributed by atoms with van der Waals surface area (Å²) in [6.45, 7) is 1.27. The summed E-state index contributed by atoms with van der Waals surface area (Å²) in [5.41, 5.74) is 12.8. The van der Waals surface area contributed by atoms with Gasteiger partial charge in [-0.2, -0.15) is 0 Å². The van der Waals surface area contributed by atoms with E-state index < -0.39 is 29.2 Å². The molecule has 4 rings (SSSR count). The summed E-state index contributed by atoms with van der Waals surface area (Å²) in [4.78, 5) is 52.4. The molecular weight excluding hydrogens is 552 g/mol. The molecule has 0 unspecified atom stereocenters. The zero-order valence-corrected chi connectivity index (χ0v) is 23.2. The normalized spacial score (nSPS) is 19.9. The number of allylic oxidation sites excluding steroid dienone is 1. The van der Waals surface area contributed by atoms with Crippen LogP contribution in [0.1, 0.15) is 11.4 Å². The average molecular weight is 580 g/mol. The first-order valence-electron chi connectivity index (χ1n) is 11.2. The van der Waals surface area contributed by atoms with Gasteiger partial charge in [0.1, 0.15) is 42.2 Å². The number of hydrogen-bond donors (Lipinski definition) is 4. The predicted octanol–water partition coefficient (Wildman–Crippen LogP) is 0.686. The second-order valence-electron chi connectivity index (χ2n) is 9.09. The molecular formula is C22H27N8O5S3+. The van der Waals surface area contributed by atoms with Crippen molar-refractivity contribution in [2.75, 3.05) is 45.0 Å².